The highest BCUT2D eigenvalue weighted by Crippen LogP contribution is 2.60. The predicted molar refractivity (Wildman–Crippen MR) is 90.9 cm³/mol. The SMILES string of the molecule is C[C@H]1[C@@H](OC(=O)n2ccnc2)O[C@@H]2O[C@@]3(C)CC[C@H]4[C@H](C)CC[C@@H]1[C@@]24OO3. The van der Waals surface area contributed by atoms with Gasteiger partial charge in [-0.2, -0.15) is 0 Å². The second-order valence-electron chi connectivity index (χ2n) is 8.63. The van der Waals surface area contributed by atoms with Crippen molar-refractivity contribution in [3.8, 4) is 0 Å². The first-order chi connectivity index (χ1) is 12.9. The quantitative estimate of drug-likeness (QED) is 0.695. The van der Waals surface area contributed by atoms with Crippen LogP contribution in [0.15, 0.2) is 18.7 Å². The maximum atomic E-state index is 12.4. The monoisotopic (exact) mass is 378 g/mol. The van der Waals surface area contributed by atoms with E-state index in [1.54, 1.807) is 6.20 Å². The zero-order chi connectivity index (χ0) is 18.8. The van der Waals surface area contributed by atoms with E-state index in [-0.39, 0.29) is 11.8 Å². The van der Waals surface area contributed by atoms with Crippen LogP contribution in [0.3, 0.4) is 0 Å². The Morgan fingerprint density at radius 1 is 1.22 bits per heavy atom. The van der Waals surface area contributed by atoms with Gasteiger partial charge in [-0.05, 0) is 38.0 Å². The lowest BCUT2D eigenvalue weighted by Crippen LogP contribution is -2.70. The Hall–Kier alpha value is -1.48. The summed E-state index contributed by atoms with van der Waals surface area (Å²) in [5.41, 5.74) is -0.648. The molecule has 0 amide bonds. The van der Waals surface area contributed by atoms with Crippen molar-refractivity contribution in [3.05, 3.63) is 18.7 Å². The van der Waals surface area contributed by atoms with Gasteiger partial charge in [0.1, 0.15) is 6.33 Å². The second kappa shape index (κ2) is 6.01. The fourth-order valence-electron chi connectivity index (χ4n) is 5.53. The molecular formula is C19H26N2O6. The van der Waals surface area contributed by atoms with Crippen molar-refractivity contribution < 1.29 is 28.8 Å². The highest BCUT2D eigenvalue weighted by Gasteiger charge is 2.69. The number of aromatic nitrogens is 2. The molecule has 6 rings (SSSR count). The average molecular weight is 378 g/mol. The number of rotatable bonds is 1. The van der Waals surface area contributed by atoms with Crippen molar-refractivity contribution in [2.24, 2.45) is 23.7 Å². The molecule has 8 atom stereocenters. The Kier molecular flexibility index (Phi) is 3.92. The number of ether oxygens (including phenoxy) is 3. The Bertz CT molecular complexity index is 726. The Morgan fingerprint density at radius 2 is 2.07 bits per heavy atom. The van der Waals surface area contributed by atoms with Crippen LogP contribution < -0.4 is 0 Å². The summed E-state index contributed by atoms with van der Waals surface area (Å²) < 4.78 is 19.4. The molecule has 4 aliphatic heterocycles. The molecule has 148 valence electrons. The molecule has 0 aromatic carbocycles. The van der Waals surface area contributed by atoms with Gasteiger partial charge in [-0.15, -0.1) is 0 Å². The maximum Gasteiger partial charge on any atom is 0.421 e. The van der Waals surface area contributed by atoms with Gasteiger partial charge in [0, 0.05) is 30.7 Å². The second-order valence-corrected chi connectivity index (χ2v) is 8.63. The minimum atomic E-state index is -0.836. The van der Waals surface area contributed by atoms with Crippen molar-refractivity contribution in [3.63, 3.8) is 0 Å². The molecule has 0 N–H and O–H groups in total. The molecule has 2 bridgehead atoms. The third-order valence-corrected chi connectivity index (χ3v) is 7.03. The Balaban J connectivity index is 1.47. The van der Waals surface area contributed by atoms with Crippen LogP contribution in [0.4, 0.5) is 4.79 Å². The normalized spacial score (nSPS) is 48.6. The lowest BCUT2D eigenvalue weighted by atomic mass is 9.58. The molecule has 5 fully saturated rings. The number of carbonyl (C=O) groups is 1. The number of fused-ring (bicyclic) bond motifs is 2. The summed E-state index contributed by atoms with van der Waals surface area (Å²) in [6.07, 6.45) is 6.46. The summed E-state index contributed by atoms with van der Waals surface area (Å²) >= 11 is 0. The average Bonchev–Trinajstić information content (AvgIpc) is 3.09. The molecule has 1 aliphatic carbocycles. The first-order valence-electron chi connectivity index (χ1n) is 9.82. The lowest BCUT2D eigenvalue weighted by molar-refractivity contribution is -0.576. The molecule has 1 aromatic rings. The molecule has 1 aromatic heterocycles. The summed E-state index contributed by atoms with van der Waals surface area (Å²) in [6, 6.07) is 0. The van der Waals surface area contributed by atoms with Gasteiger partial charge in [-0.3, -0.25) is 0 Å². The van der Waals surface area contributed by atoms with Crippen molar-refractivity contribution in [1.29, 1.82) is 0 Å². The third kappa shape index (κ3) is 2.50. The summed E-state index contributed by atoms with van der Waals surface area (Å²) in [7, 11) is 0. The number of imidazole rings is 1. The number of nitrogens with zero attached hydrogens (tertiary/aromatic N) is 2. The minimum Gasteiger partial charge on any atom is -0.419 e. The van der Waals surface area contributed by atoms with Crippen LogP contribution in [-0.4, -0.2) is 39.6 Å². The first kappa shape index (κ1) is 17.6. The summed E-state index contributed by atoms with van der Waals surface area (Å²) in [4.78, 5) is 28.2. The van der Waals surface area contributed by atoms with Gasteiger partial charge in [0.05, 0.1) is 0 Å². The molecule has 5 heterocycles. The predicted octanol–water partition coefficient (Wildman–Crippen LogP) is 3.08. The van der Waals surface area contributed by atoms with Gasteiger partial charge < -0.3 is 14.2 Å². The van der Waals surface area contributed by atoms with Gasteiger partial charge in [0.15, 0.2) is 11.9 Å². The summed E-state index contributed by atoms with van der Waals surface area (Å²) in [5, 5.41) is 0. The van der Waals surface area contributed by atoms with Crippen molar-refractivity contribution >= 4 is 6.09 Å². The van der Waals surface area contributed by atoms with Crippen LogP contribution in [0.5, 0.6) is 0 Å². The lowest BCUT2D eigenvalue weighted by Gasteiger charge is -2.59. The van der Waals surface area contributed by atoms with Crippen LogP contribution >= 0.6 is 0 Å². The van der Waals surface area contributed by atoms with E-state index in [0.717, 1.165) is 25.7 Å². The summed E-state index contributed by atoms with van der Waals surface area (Å²) in [6.45, 7) is 6.20. The van der Waals surface area contributed by atoms with E-state index in [1.807, 2.05) is 6.92 Å². The molecule has 0 radical (unpaired) electrons. The smallest absolute Gasteiger partial charge is 0.419 e. The Morgan fingerprint density at radius 3 is 2.85 bits per heavy atom. The van der Waals surface area contributed by atoms with Crippen molar-refractivity contribution in [2.75, 3.05) is 0 Å². The van der Waals surface area contributed by atoms with Crippen LogP contribution in [0, 0.1) is 23.7 Å². The molecule has 1 spiro atoms. The van der Waals surface area contributed by atoms with Gasteiger partial charge in [0.25, 0.3) is 0 Å². The fraction of sp³-hybridized carbons (Fsp3) is 0.789. The standard InChI is InChI=1S/C19H26N2O6/c1-11-4-5-14-12(2)15(24-17(22)21-9-8-20-10-21)23-16-19(14)13(11)6-7-18(3,25-16)26-27-19/h8-16H,4-7H2,1-3H3/t11-,12-,13+,14+,15-,16-,18-,19-/m1/s1. The molecular weight excluding hydrogens is 352 g/mol. The zero-order valence-corrected chi connectivity index (χ0v) is 15.9. The molecule has 8 nitrogen and oxygen atoms in total. The highest BCUT2D eigenvalue weighted by molar-refractivity contribution is 5.70. The van der Waals surface area contributed by atoms with Crippen LogP contribution in [0.1, 0.15) is 46.5 Å². The van der Waals surface area contributed by atoms with Gasteiger partial charge in [-0.1, -0.05) is 13.8 Å². The number of hydrogen-bond donors (Lipinski definition) is 0. The van der Waals surface area contributed by atoms with E-state index in [1.165, 1.54) is 17.1 Å². The minimum absolute atomic E-state index is 0.0432. The van der Waals surface area contributed by atoms with Gasteiger partial charge in [0.2, 0.25) is 12.1 Å². The van der Waals surface area contributed by atoms with Gasteiger partial charge >= 0.3 is 6.09 Å². The van der Waals surface area contributed by atoms with Crippen molar-refractivity contribution in [2.45, 2.75) is 70.4 Å². The molecule has 8 heteroatoms. The molecule has 5 aliphatic rings. The number of hydrogen-bond acceptors (Lipinski definition) is 7. The Labute approximate surface area is 158 Å². The van der Waals surface area contributed by atoms with Gasteiger partial charge in [-0.25, -0.2) is 24.1 Å². The molecule has 27 heavy (non-hydrogen) atoms. The largest absolute Gasteiger partial charge is 0.421 e. The van der Waals surface area contributed by atoms with Crippen LogP contribution in [0.2, 0.25) is 0 Å². The van der Waals surface area contributed by atoms with E-state index >= 15 is 0 Å². The van der Waals surface area contributed by atoms with E-state index in [0.29, 0.717) is 11.8 Å². The molecule has 1 saturated carbocycles. The zero-order valence-electron chi connectivity index (χ0n) is 15.9. The first-order valence-corrected chi connectivity index (χ1v) is 9.82. The van der Waals surface area contributed by atoms with E-state index < -0.39 is 30.1 Å². The summed E-state index contributed by atoms with van der Waals surface area (Å²) in [5.74, 6) is 0.0337. The van der Waals surface area contributed by atoms with E-state index in [4.69, 9.17) is 24.0 Å². The maximum absolute atomic E-state index is 12.4. The fourth-order valence-corrected chi connectivity index (χ4v) is 5.53. The molecule has 4 saturated heterocycles. The molecule has 0 unspecified atom stereocenters. The van der Waals surface area contributed by atoms with E-state index in [2.05, 4.69) is 18.8 Å². The number of carbonyl (C=O) groups excluding carboxylic acids is 1. The van der Waals surface area contributed by atoms with Crippen LogP contribution in [0.25, 0.3) is 0 Å². The topological polar surface area (TPSA) is 81.0 Å². The third-order valence-electron chi connectivity index (χ3n) is 7.03. The van der Waals surface area contributed by atoms with Crippen LogP contribution in [-0.2, 0) is 24.0 Å². The van der Waals surface area contributed by atoms with E-state index in [9.17, 15) is 4.79 Å². The highest BCUT2D eigenvalue weighted by atomic mass is 17.3. The van der Waals surface area contributed by atoms with Crippen molar-refractivity contribution in [1.82, 2.24) is 9.55 Å².